The van der Waals surface area contributed by atoms with E-state index in [1.807, 2.05) is 6.07 Å². The Morgan fingerprint density at radius 1 is 1.00 bits per heavy atom. The van der Waals surface area contributed by atoms with Gasteiger partial charge in [0.1, 0.15) is 12.1 Å². The highest BCUT2D eigenvalue weighted by molar-refractivity contribution is 5.86. The fraction of sp³-hybridized carbons (Fsp3) is 0.500. The molecule has 7 nitrogen and oxygen atoms in total. The maximum atomic E-state index is 4.84. The van der Waals surface area contributed by atoms with Gasteiger partial charge in [0.15, 0.2) is 5.65 Å². The Kier molecular flexibility index (Phi) is 4.24. The van der Waals surface area contributed by atoms with Gasteiger partial charge in [-0.3, -0.25) is 9.58 Å². The molecule has 27 heavy (non-hydrogen) atoms. The maximum absolute atomic E-state index is 4.84. The summed E-state index contributed by atoms with van der Waals surface area (Å²) in [5.41, 5.74) is 5.02. The van der Waals surface area contributed by atoms with Gasteiger partial charge in [-0.05, 0) is 43.4 Å². The lowest BCUT2D eigenvalue weighted by atomic mass is 9.95. The Hall–Kier alpha value is -2.54. The van der Waals surface area contributed by atoms with E-state index in [2.05, 4.69) is 42.5 Å². The van der Waals surface area contributed by atoms with Gasteiger partial charge in [0.2, 0.25) is 0 Å². The first-order valence-electron chi connectivity index (χ1n) is 9.86. The molecule has 0 spiro atoms. The van der Waals surface area contributed by atoms with Crippen molar-refractivity contribution in [3.8, 4) is 0 Å². The van der Waals surface area contributed by atoms with Crippen LogP contribution in [0.15, 0.2) is 24.7 Å². The molecule has 3 aromatic rings. The standard InChI is InChI=1S/C20H25N7/c1-25-18-7-3-2-5-15(18)17(24-25)13-26-9-11-27(12-10-26)20-16-6-4-8-21-19(16)22-14-23-20/h4,6,8,14H,2-3,5,7,9-13H2,1H3. The Labute approximate surface area is 159 Å². The normalized spacial score (nSPS) is 18.0. The second kappa shape index (κ2) is 6.88. The van der Waals surface area contributed by atoms with Gasteiger partial charge in [0.25, 0.3) is 0 Å². The third kappa shape index (κ3) is 3.06. The fourth-order valence-corrected chi connectivity index (χ4v) is 4.45. The first-order valence-corrected chi connectivity index (χ1v) is 9.86. The molecule has 7 heteroatoms. The molecule has 5 rings (SSSR count). The molecule has 0 N–H and O–H groups in total. The lowest BCUT2D eigenvalue weighted by molar-refractivity contribution is 0.245. The lowest BCUT2D eigenvalue weighted by Crippen LogP contribution is -2.46. The molecule has 0 atom stereocenters. The van der Waals surface area contributed by atoms with Crippen molar-refractivity contribution in [3.05, 3.63) is 41.6 Å². The molecule has 4 heterocycles. The van der Waals surface area contributed by atoms with Crippen LogP contribution in [0.2, 0.25) is 0 Å². The summed E-state index contributed by atoms with van der Waals surface area (Å²) in [6.45, 7) is 4.95. The summed E-state index contributed by atoms with van der Waals surface area (Å²) in [4.78, 5) is 18.1. The van der Waals surface area contributed by atoms with Crippen LogP contribution in [0.5, 0.6) is 0 Å². The van der Waals surface area contributed by atoms with Crippen molar-refractivity contribution in [2.75, 3.05) is 31.1 Å². The predicted octanol–water partition coefficient (Wildman–Crippen LogP) is 1.96. The zero-order valence-corrected chi connectivity index (χ0v) is 15.8. The number of nitrogens with zero attached hydrogens (tertiary/aromatic N) is 7. The van der Waals surface area contributed by atoms with Crippen molar-refractivity contribution < 1.29 is 0 Å². The topological polar surface area (TPSA) is 63.0 Å². The highest BCUT2D eigenvalue weighted by Crippen LogP contribution is 2.26. The molecule has 1 fully saturated rings. The van der Waals surface area contributed by atoms with E-state index >= 15 is 0 Å². The number of piperazine rings is 1. The van der Waals surface area contributed by atoms with Crippen LogP contribution in [0.1, 0.15) is 29.8 Å². The third-order valence-corrected chi connectivity index (χ3v) is 5.88. The second-order valence-corrected chi connectivity index (χ2v) is 7.54. The van der Waals surface area contributed by atoms with Crippen LogP contribution in [0.4, 0.5) is 5.82 Å². The molecule has 1 aliphatic heterocycles. The molecular formula is C20H25N7. The van der Waals surface area contributed by atoms with Crippen LogP contribution in [-0.2, 0) is 26.4 Å². The summed E-state index contributed by atoms with van der Waals surface area (Å²) in [6, 6.07) is 4.01. The molecule has 3 aromatic heterocycles. The number of hydrogen-bond acceptors (Lipinski definition) is 6. The van der Waals surface area contributed by atoms with Gasteiger partial charge in [-0.15, -0.1) is 0 Å². The minimum atomic E-state index is 0.769. The number of anilines is 1. The van der Waals surface area contributed by atoms with Gasteiger partial charge < -0.3 is 4.90 Å². The van der Waals surface area contributed by atoms with Crippen molar-refractivity contribution in [2.24, 2.45) is 7.05 Å². The summed E-state index contributed by atoms with van der Waals surface area (Å²) in [5.74, 6) is 1.00. The average Bonchev–Trinajstić information content (AvgIpc) is 3.04. The smallest absolute Gasteiger partial charge is 0.164 e. The number of aromatic nitrogens is 5. The molecule has 1 aliphatic carbocycles. The van der Waals surface area contributed by atoms with Crippen LogP contribution in [-0.4, -0.2) is 55.8 Å². The number of rotatable bonds is 3. The Morgan fingerprint density at radius 3 is 2.74 bits per heavy atom. The van der Waals surface area contributed by atoms with Crippen LogP contribution in [0.3, 0.4) is 0 Å². The van der Waals surface area contributed by atoms with E-state index in [0.717, 1.165) is 49.6 Å². The van der Waals surface area contributed by atoms with Gasteiger partial charge in [-0.25, -0.2) is 15.0 Å². The SMILES string of the molecule is Cn1nc(CN2CCN(c3ncnc4ncccc34)CC2)c2c1CCCC2. The number of fused-ring (bicyclic) bond motifs is 2. The third-order valence-electron chi connectivity index (χ3n) is 5.88. The van der Waals surface area contributed by atoms with Crippen LogP contribution < -0.4 is 4.90 Å². The van der Waals surface area contributed by atoms with E-state index < -0.39 is 0 Å². The van der Waals surface area contributed by atoms with Crippen LogP contribution in [0.25, 0.3) is 11.0 Å². The highest BCUT2D eigenvalue weighted by atomic mass is 15.3. The van der Waals surface area contributed by atoms with Crippen molar-refractivity contribution in [1.29, 1.82) is 0 Å². The van der Waals surface area contributed by atoms with E-state index in [-0.39, 0.29) is 0 Å². The number of hydrogen-bond donors (Lipinski definition) is 0. The van der Waals surface area contributed by atoms with E-state index in [0.29, 0.717) is 0 Å². The van der Waals surface area contributed by atoms with E-state index in [9.17, 15) is 0 Å². The van der Waals surface area contributed by atoms with Gasteiger partial charge in [-0.1, -0.05) is 0 Å². The fourth-order valence-electron chi connectivity index (χ4n) is 4.45. The van der Waals surface area contributed by atoms with Crippen molar-refractivity contribution in [2.45, 2.75) is 32.2 Å². The molecule has 0 amide bonds. The quantitative estimate of drug-likeness (QED) is 0.709. The molecule has 0 bridgehead atoms. The largest absolute Gasteiger partial charge is 0.353 e. The molecule has 0 unspecified atom stereocenters. The van der Waals surface area contributed by atoms with Crippen molar-refractivity contribution in [1.82, 2.24) is 29.6 Å². The summed E-state index contributed by atoms with van der Waals surface area (Å²) >= 11 is 0. The summed E-state index contributed by atoms with van der Waals surface area (Å²) in [6.07, 6.45) is 8.38. The number of aryl methyl sites for hydroxylation is 1. The van der Waals surface area contributed by atoms with Crippen LogP contribution >= 0.6 is 0 Å². The first-order chi connectivity index (χ1) is 13.3. The summed E-state index contributed by atoms with van der Waals surface area (Å²) < 4.78 is 2.11. The average molecular weight is 363 g/mol. The van der Waals surface area contributed by atoms with Crippen molar-refractivity contribution in [3.63, 3.8) is 0 Å². The summed E-state index contributed by atoms with van der Waals surface area (Å²) in [5, 5.41) is 5.87. The van der Waals surface area contributed by atoms with E-state index in [1.165, 1.54) is 42.6 Å². The van der Waals surface area contributed by atoms with Crippen molar-refractivity contribution >= 4 is 16.9 Å². The van der Waals surface area contributed by atoms with Gasteiger partial charge in [0.05, 0.1) is 11.1 Å². The molecule has 2 aliphatic rings. The van der Waals surface area contributed by atoms with Crippen LogP contribution in [0, 0.1) is 0 Å². The first kappa shape index (κ1) is 16.6. The lowest BCUT2D eigenvalue weighted by Gasteiger charge is -2.35. The zero-order valence-electron chi connectivity index (χ0n) is 15.8. The zero-order chi connectivity index (χ0) is 18.2. The van der Waals surface area contributed by atoms with E-state index in [4.69, 9.17) is 5.10 Å². The molecule has 1 saturated heterocycles. The van der Waals surface area contributed by atoms with E-state index in [1.54, 1.807) is 12.5 Å². The molecule has 0 saturated carbocycles. The molecule has 0 aromatic carbocycles. The van der Waals surface area contributed by atoms with Gasteiger partial charge in [0, 0.05) is 51.7 Å². The monoisotopic (exact) mass is 363 g/mol. The van der Waals surface area contributed by atoms with Gasteiger partial charge in [-0.2, -0.15) is 5.10 Å². The second-order valence-electron chi connectivity index (χ2n) is 7.54. The minimum absolute atomic E-state index is 0.769. The number of pyridine rings is 1. The Morgan fingerprint density at radius 2 is 1.85 bits per heavy atom. The minimum Gasteiger partial charge on any atom is -0.353 e. The highest BCUT2D eigenvalue weighted by Gasteiger charge is 2.24. The Bertz CT molecular complexity index is 951. The van der Waals surface area contributed by atoms with Gasteiger partial charge >= 0.3 is 0 Å². The molecular weight excluding hydrogens is 338 g/mol. The predicted molar refractivity (Wildman–Crippen MR) is 105 cm³/mol. The maximum Gasteiger partial charge on any atom is 0.164 e. The molecule has 0 radical (unpaired) electrons. The Balaban J connectivity index is 1.29. The summed E-state index contributed by atoms with van der Waals surface area (Å²) in [7, 11) is 2.10. The molecule has 140 valence electrons.